The third kappa shape index (κ3) is 6.35. The van der Waals surface area contributed by atoms with E-state index in [1.54, 1.807) is 36.4 Å². The fraction of sp³-hybridized carbons (Fsp3) is 0.269. The Balaban J connectivity index is 1.85. The molecule has 0 saturated heterocycles. The van der Waals surface area contributed by atoms with Crippen molar-refractivity contribution < 1.29 is 17.9 Å². The first-order valence-corrected chi connectivity index (χ1v) is 12.7. The Kier molecular flexibility index (Phi) is 7.76. The summed E-state index contributed by atoms with van der Waals surface area (Å²) < 4.78 is 32.4. The molecule has 0 aliphatic carbocycles. The molecule has 0 aliphatic heterocycles. The molecule has 6 nitrogen and oxygen atoms in total. The quantitative estimate of drug-likeness (QED) is 0.474. The van der Waals surface area contributed by atoms with Crippen LogP contribution in [0.4, 0.5) is 5.69 Å². The summed E-state index contributed by atoms with van der Waals surface area (Å²) in [5.41, 5.74) is 3.56. The minimum absolute atomic E-state index is 0.213. The van der Waals surface area contributed by atoms with Crippen LogP contribution in [-0.2, 0) is 14.8 Å². The summed E-state index contributed by atoms with van der Waals surface area (Å²) in [7, 11) is -3.76. The van der Waals surface area contributed by atoms with Gasteiger partial charge in [-0.3, -0.25) is 9.10 Å². The van der Waals surface area contributed by atoms with Gasteiger partial charge in [-0.25, -0.2) is 8.42 Å². The summed E-state index contributed by atoms with van der Waals surface area (Å²) in [4.78, 5) is 13.0. The molecule has 0 bridgehead atoms. The third-order valence-corrected chi connectivity index (χ3v) is 6.46. The normalized spacial score (nSPS) is 12.1. The first-order chi connectivity index (χ1) is 15.7. The van der Waals surface area contributed by atoms with E-state index in [4.69, 9.17) is 4.74 Å². The van der Waals surface area contributed by atoms with Crippen LogP contribution in [0.15, 0.2) is 72.8 Å². The zero-order valence-corrected chi connectivity index (χ0v) is 20.2. The largest absolute Gasteiger partial charge is 0.455 e. The molecule has 3 rings (SSSR count). The van der Waals surface area contributed by atoms with Crippen LogP contribution in [0.3, 0.4) is 0 Å². The lowest BCUT2D eigenvalue weighted by atomic mass is 9.97. The number of carbonyl (C=O) groups is 1. The predicted molar refractivity (Wildman–Crippen MR) is 132 cm³/mol. The topological polar surface area (TPSA) is 75.7 Å². The van der Waals surface area contributed by atoms with Crippen molar-refractivity contribution in [1.29, 1.82) is 0 Å². The minimum atomic E-state index is -3.76. The van der Waals surface area contributed by atoms with Gasteiger partial charge in [0.1, 0.15) is 12.3 Å². The van der Waals surface area contributed by atoms with Gasteiger partial charge in [-0.05, 0) is 55.7 Å². The highest BCUT2D eigenvalue weighted by atomic mass is 32.2. The monoisotopic (exact) mass is 466 g/mol. The van der Waals surface area contributed by atoms with Crippen molar-refractivity contribution in [3.8, 4) is 11.5 Å². The van der Waals surface area contributed by atoms with Crippen LogP contribution >= 0.6 is 0 Å². The molecule has 3 aromatic rings. The van der Waals surface area contributed by atoms with E-state index in [-0.39, 0.29) is 18.5 Å². The number of hydrogen-bond acceptors (Lipinski definition) is 4. The molecule has 7 heteroatoms. The summed E-state index contributed by atoms with van der Waals surface area (Å²) in [6.07, 6.45) is 1.77. The smallest absolute Gasteiger partial charge is 0.241 e. The molecule has 1 amide bonds. The number of rotatable bonds is 9. The summed E-state index contributed by atoms with van der Waals surface area (Å²) in [6.45, 7) is 5.67. The van der Waals surface area contributed by atoms with Crippen LogP contribution in [-0.4, -0.2) is 27.1 Å². The minimum Gasteiger partial charge on any atom is -0.455 e. The Hall–Kier alpha value is -3.32. The molecule has 33 heavy (non-hydrogen) atoms. The molecule has 1 unspecified atom stereocenters. The van der Waals surface area contributed by atoms with Crippen molar-refractivity contribution in [3.05, 3.63) is 89.5 Å². The highest BCUT2D eigenvalue weighted by Crippen LogP contribution is 2.33. The maximum absolute atomic E-state index is 13.0. The van der Waals surface area contributed by atoms with E-state index in [0.717, 1.165) is 27.3 Å². The van der Waals surface area contributed by atoms with Gasteiger partial charge in [-0.1, -0.05) is 61.0 Å². The average molecular weight is 467 g/mol. The second kappa shape index (κ2) is 10.5. The Morgan fingerprint density at radius 3 is 2.30 bits per heavy atom. The van der Waals surface area contributed by atoms with Crippen molar-refractivity contribution in [2.45, 2.75) is 33.2 Å². The maximum Gasteiger partial charge on any atom is 0.241 e. The van der Waals surface area contributed by atoms with Crippen LogP contribution < -0.4 is 14.4 Å². The zero-order valence-electron chi connectivity index (χ0n) is 19.4. The van der Waals surface area contributed by atoms with Crippen molar-refractivity contribution in [3.63, 3.8) is 0 Å². The molecule has 3 aromatic carbocycles. The number of amides is 1. The summed E-state index contributed by atoms with van der Waals surface area (Å²) in [5.74, 6) is 0.536. The van der Waals surface area contributed by atoms with Gasteiger partial charge in [0.15, 0.2) is 5.75 Å². The molecule has 0 spiro atoms. The van der Waals surface area contributed by atoms with Crippen molar-refractivity contribution in [2.24, 2.45) is 0 Å². The van der Waals surface area contributed by atoms with E-state index in [2.05, 4.69) is 11.4 Å². The van der Waals surface area contributed by atoms with E-state index in [9.17, 15) is 13.2 Å². The van der Waals surface area contributed by atoms with Gasteiger partial charge in [0.25, 0.3) is 0 Å². The molecule has 0 aliphatic rings. The van der Waals surface area contributed by atoms with E-state index < -0.39 is 10.0 Å². The van der Waals surface area contributed by atoms with E-state index in [0.29, 0.717) is 23.6 Å². The van der Waals surface area contributed by atoms with E-state index in [1.807, 2.05) is 51.1 Å². The van der Waals surface area contributed by atoms with Crippen molar-refractivity contribution in [1.82, 2.24) is 5.32 Å². The molecular weight excluding hydrogens is 436 g/mol. The second-order valence-electron chi connectivity index (χ2n) is 8.04. The number of nitrogens with zero attached hydrogens (tertiary/aromatic N) is 1. The second-order valence-corrected chi connectivity index (χ2v) is 9.95. The zero-order chi connectivity index (χ0) is 24.0. The molecule has 174 valence electrons. The molecule has 0 aromatic heterocycles. The number of anilines is 1. The fourth-order valence-electron chi connectivity index (χ4n) is 3.73. The average Bonchev–Trinajstić information content (AvgIpc) is 2.77. The lowest BCUT2D eigenvalue weighted by Crippen LogP contribution is -2.41. The maximum atomic E-state index is 13.0. The predicted octanol–water partition coefficient (Wildman–Crippen LogP) is 5.13. The van der Waals surface area contributed by atoms with Crippen LogP contribution in [0.2, 0.25) is 0 Å². The fourth-order valence-corrected chi connectivity index (χ4v) is 4.59. The van der Waals surface area contributed by atoms with Gasteiger partial charge in [0.2, 0.25) is 15.9 Å². The SMILES string of the molecule is CCC(NC(=O)CN(c1ccccc1Oc1ccccc1)S(C)(=O)=O)c1ccc(C)cc1C. The van der Waals surface area contributed by atoms with Gasteiger partial charge in [0, 0.05) is 0 Å². The number of ether oxygens (including phenoxy) is 1. The Labute approximate surface area is 196 Å². The number of para-hydroxylation sites is 3. The van der Waals surface area contributed by atoms with Gasteiger partial charge in [0.05, 0.1) is 18.0 Å². The number of nitrogens with one attached hydrogen (secondary N) is 1. The summed E-state index contributed by atoms with van der Waals surface area (Å²) >= 11 is 0. The Bertz CT molecular complexity index is 1210. The molecule has 0 heterocycles. The number of sulfonamides is 1. The van der Waals surface area contributed by atoms with Gasteiger partial charge < -0.3 is 10.1 Å². The van der Waals surface area contributed by atoms with Crippen LogP contribution in [0, 0.1) is 13.8 Å². The molecule has 0 fully saturated rings. The molecular formula is C26H30N2O4S. The Morgan fingerprint density at radius 2 is 1.67 bits per heavy atom. The van der Waals surface area contributed by atoms with Gasteiger partial charge in [-0.2, -0.15) is 0 Å². The highest BCUT2D eigenvalue weighted by molar-refractivity contribution is 7.92. The number of hydrogen-bond donors (Lipinski definition) is 1. The van der Waals surface area contributed by atoms with Crippen LogP contribution in [0.1, 0.15) is 36.1 Å². The van der Waals surface area contributed by atoms with E-state index >= 15 is 0 Å². The van der Waals surface area contributed by atoms with Crippen LogP contribution in [0.25, 0.3) is 0 Å². The first-order valence-electron chi connectivity index (χ1n) is 10.8. The van der Waals surface area contributed by atoms with Gasteiger partial charge in [-0.15, -0.1) is 0 Å². The van der Waals surface area contributed by atoms with Gasteiger partial charge >= 0.3 is 0 Å². The number of benzene rings is 3. The van der Waals surface area contributed by atoms with Crippen LogP contribution in [0.5, 0.6) is 11.5 Å². The first kappa shape index (κ1) is 24.3. The summed E-state index contributed by atoms with van der Waals surface area (Å²) in [6, 6.07) is 21.8. The lowest BCUT2D eigenvalue weighted by molar-refractivity contribution is -0.120. The van der Waals surface area contributed by atoms with Crippen molar-refractivity contribution >= 4 is 21.6 Å². The lowest BCUT2D eigenvalue weighted by Gasteiger charge is -2.26. The number of carbonyl (C=O) groups excluding carboxylic acids is 1. The number of aryl methyl sites for hydroxylation is 2. The molecule has 0 saturated carbocycles. The van der Waals surface area contributed by atoms with Crippen molar-refractivity contribution in [2.75, 3.05) is 17.1 Å². The van der Waals surface area contributed by atoms with E-state index in [1.165, 1.54) is 0 Å². The highest BCUT2D eigenvalue weighted by Gasteiger charge is 2.25. The Morgan fingerprint density at radius 1 is 1.00 bits per heavy atom. The third-order valence-electron chi connectivity index (χ3n) is 5.34. The molecule has 0 radical (unpaired) electrons. The standard InChI is InChI=1S/C26H30N2O4S/c1-5-23(22-16-15-19(2)17-20(22)3)27-26(29)18-28(33(4,30)31)24-13-9-10-14-25(24)32-21-11-7-6-8-12-21/h6-17,23H,5,18H2,1-4H3,(H,27,29). The molecule has 1 atom stereocenters. The summed E-state index contributed by atoms with van der Waals surface area (Å²) in [5, 5.41) is 3.00. The molecule has 1 N–H and O–H groups in total.